The van der Waals surface area contributed by atoms with Gasteiger partial charge in [-0.2, -0.15) is 8.78 Å². The highest BCUT2D eigenvalue weighted by Gasteiger charge is 2.20. The number of alkyl halides is 2. The minimum atomic E-state index is -2.93. The first-order valence-corrected chi connectivity index (χ1v) is 6.72. The van der Waals surface area contributed by atoms with Gasteiger partial charge < -0.3 is 15.4 Å². The van der Waals surface area contributed by atoms with Gasteiger partial charge in [0.1, 0.15) is 5.75 Å². The zero-order chi connectivity index (χ0) is 14.5. The largest absolute Gasteiger partial charge is 0.433 e. The molecule has 118 valence electrons. The van der Waals surface area contributed by atoms with E-state index in [4.69, 9.17) is 11.6 Å². The molecule has 1 aliphatic heterocycles. The molecular formula is C13H16Cl2F2N2O2. The van der Waals surface area contributed by atoms with E-state index in [1.54, 1.807) is 0 Å². The Morgan fingerprint density at radius 2 is 2.19 bits per heavy atom. The Hall–Kier alpha value is -1.11. The number of nitrogens with one attached hydrogen (secondary N) is 2. The van der Waals surface area contributed by atoms with Gasteiger partial charge in [-0.1, -0.05) is 18.0 Å². The van der Waals surface area contributed by atoms with Gasteiger partial charge in [-0.3, -0.25) is 4.79 Å². The van der Waals surface area contributed by atoms with Crippen molar-refractivity contribution in [3.8, 4) is 5.75 Å². The molecule has 0 spiro atoms. The molecule has 1 saturated heterocycles. The molecule has 2 N–H and O–H groups in total. The summed E-state index contributed by atoms with van der Waals surface area (Å²) in [5.74, 6) is -0.265. The molecule has 2 rings (SSSR count). The molecule has 21 heavy (non-hydrogen) atoms. The van der Waals surface area contributed by atoms with Crippen LogP contribution in [0.25, 0.3) is 0 Å². The molecule has 1 aromatic rings. The third-order valence-corrected chi connectivity index (χ3v) is 3.34. The van der Waals surface area contributed by atoms with E-state index in [2.05, 4.69) is 15.4 Å². The first-order valence-electron chi connectivity index (χ1n) is 6.35. The second kappa shape index (κ2) is 8.36. The van der Waals surface area contributed by atoms with Gasteiger partial charge in [-0.15, -0.1) is 12.4 Å². The number of halogens is 4. The zero-order valence-corrected chi connectivity index (χ0v) is 12.6. The maximum atomic E-state index is 12.1. The van der Waals surface area contributed by atoms with Crippen LogP contribution in [0.5, 0.6) is 5.75 Å². The quantitative estimate of drug-likeness (QED) is 0.882. The fourth-order valence-corrected chi connectivity index (χ4v) is 2.30. The summed E-state index contributed by atoms with van der Waals surface area (Å²) in [4.78, 5) is 12.0. The lowest BCUT2D eigenvalue weighted by molar-refractivity contribution is -0.118. The molecule has 1 unspecified atom stereocenters. The highest BCUT2D eigenvalue weighted by atomic mass is 35.5. The molecule has 0 bridgehead atoms. The van der Waals surface area contributed by atoms with Crippen molar-refractivity contribution in [2.24, 2.45) is 0 Å². The van der Waals surface area contributed by atoms with E-state index < -0.39 is 6.61 Å². The molecule has 1 fully saturated rings. The van der Waals surface area contributed by atoms with Gasteiger partial charge in [0.15, 0.2) is 0 Å². The molecule has 1 atom stereocenters. The summed E-state index contributed by atoms with van der Waals surface area (Å²) < 4.78 is 28.4. The number of ether oxygens (including phenoxy) is 1. The second-order valence-electron chi connectivity index (χ2n) is 4.52. The van der Waals surface area contributed by atoms with Gasteiger partial charge in [0.05, 0.1) is 11.1 Å². The Labute approximate surface area is 132 Å². The van der Waals surface area contributed by atoms with Crippen molar-refractivity contribution in [3.63, 3.8) is 0 Å². The highest BCUT2D eigenvalue weighted by molar-refractivity contribution is 6.32. The summed E-state index contributed by atoms with van der Waals surface area (Å²) in [6.07, 6.45) is 2.86. The standard InChI is InChI=1S/C13H15ClF2N2O2.ClH/c14-9-7-8(4-5-11(9)20-13(15)16)18-12(19)10-3-1-2-6-17-10;/h4-5,7,10,13,17H,1-3,6H2,(H,18,19);1H. The number of amides is 1. The normalized spacial score (nSPS) is 18.0. The van der Waals surface area contributed by atoms with E-state index in [0.29, 0.717) is 5.69 Å². The molecule has 0 radical (unpaired) electrons. The average Bonchev–Trinajstić information content (AvgIpc) is 2.42. The van der Waals surface area contributed by atoms with Crippen molar-refractivity contribution in [3.05, 3.63) is 23.2 Å². The lowest BCUT2D eigenvalue weighted by Gasteiger charge is -2.22. The number of piperidine rings is 1. The van der Waals surface area contributed by atoms with Crippen molar-refractivity contribution < 1.29 is 18.3 Å². The fourth-order valence-electron chi connectivity index (χ4n) is 2.08. The van der Waals surface area contributed by atoms with Crippen molar-refractivity contribution in [2.45, 2.75) is 31.9 Å². The molecule has 0 aromatic heterocycles. The van der Waals surface area contributed by atoms with Crippen LogP contribution in [-0.2, 0) is 4.79 Å². The third kappa shape index (κ3) is 5.30. The van der Waals surface area contributed by atoms with Crippen LogP contribution in [0, 0.1) is 0 Å². The SMILES string of the molecule is Cl.O=C(Nc1ccc(OC(F)F)c(Cl)c1)C1CCCCN1. The Morgan fingerprint density at radius 1 is 1.43 bits per heavy atom. The number of hydrogen-bond acceptors (Lipinski definition) is 3. The van der Waals surface area contributed by atoms with Crippen LogP contribution < -0.4 is 15.4 Å². The molecule has 1 aromatic carbocycles. The average molecular weight is 341 g/mol. The summed E-state index contributed by atoms with van der Waals surface area (Å²) in [7, 11) is 0. The molecule has 0 saturated carbocycles. The molecular weight excluding hydrogens is 325 g/mol. The first-order chi connectivity index (χ1) is 9.56. The van der Waals surface area contributed by atoms with E-state index in [0.717, 1.165) is 25.8 Å². The summed E-state index contributed by atoms with van der Waals surface area (Å²) in [5, 5.41) is 5.85. The second-order valence-corrected chi connectivity index (χ2v) is 4.92. The van der Waals surface area contributed by atoms with Crippen LogP contribution in [0.2, 0.25) is 5.02 Å². The maximum absolute atomic E-state index is 12.1. The maximum Gasteiger partial charge on any atom is 0.387 e. The Kier molecular flexibility index (Phi) is 7.14. The molecule has 4 nitrogen and oxygen atoms in total. The van der Waals surface area contributed by atoms with Crippen LogP contribution in [-0.4, -0.2) is 25.1 Å². The molecule has 1 heterocycles. The predicted octanol–water partition coefficient (Wildman–Crippen LogP) is 3.44. The minimum absolute atomic E-state index is 0. The van der Waals surface area contributed by atoms with Crippen molar-refractivity contribution in [1.29, 1.82) is 0 Å². The number of rotatable bonds is 4. The number of hydrogen-bond donors (Lipinski definition) is 2. The van der Waals surface area contributed by atoms with E-state index in [1.807, 2.05) is 0 Å². The lowest BCUT2D eigenvalue weighted by Crippen LogP contribution is -2.43. The number of carbonyl (C=O) groups excluding carboxylic acids is 1. The first kappa shape index (κ1) is 17.9. The molecule has 1 aliphatic rings. The fraction of sp³-hybridized carbons (Fsp3) is 0.462. The Balaban J connectivity index is 0.00000220. The van der Waals surface area contributed by atoms with E-state index >= 15 is 0 Å². The van der Waals surface area contributed by atoms with Crippen molar-refractivity contribution in [1.82, 2.24) is 5.32 Å². The topological polar surface area (TPSA) is 50.4 Å². The number of carbonyl (C=O) groups is 1. The number of benzene rings is 1. The van der Waals surface area contributed by atoms with Crippen LogP contribution in [0.1, 0.15) is 19.3 Å². The predicted molar refractivity (Wildman–Crippen MR) is 79.6 cm³/mol. The van der Waals surface area contributed by atoms with Gasteiger partial charge in [0, 0.05) is 5.69 Å². The van der Waals surface area contributed by atoms with Crippen LogP contribution >= 0.6 is 24.0 Å². The lowest BCUT2D eigenvalue weighted by atomic mass is 10.0. The van der Waals surface area contributed by atoms with Crippen LogP contribution in [0.3, 0.4) is 0 Å². The van der Waals surface area contributed by atoms with Crippen molar-refractivity contribution >= 4 is 35.6 Å². The van der Waals surface area contributed by atoms with E-state index in [-0.39, 0.29) is 35.1 Å². The highest BCUT2D eigenvalue weighted by Crippen LogP contribution is 2.29. The Bertz CT molecular complexity index is 483. The van der Waals surface area contributed by atoms with Gasteiger partial charge in [0.2, 0.25) is 5.91 Å². The monoisotopic (exact) mass is 340 g/mol. The van der Waals surface area contributed by atoms with Crippen molar-refractivity contribution in [2.75, 3.05) is 11.9 Å². The van der Waals surface area contributed by atoms with E-state index in [1.165, 1.54) is 18.2 Å². The summed E-state index contributed by atoms with van der Waals surface area (Å²) in [6, 6.07) is 3.95. The molecule has 8 heteroatoms. The van der Waals surface area contributed by atoms with Gasteiger partial charge in [-0.05, 0) is 37.6 Å². The van der Waals surface area contributed by atoms with E-state index in [9.17, 15) is 13.6 Å². The van der Waals surface area contributed by atoms with Gasteiger partial charge in [-0.25, -0.2) is 0 Å². The smallest absolute Gasteiger partial charge is 0.387 e. The van der Waals surface area contributed by atoms with Crippen LogP contribution in [0.4, 0.5) is 14.5 Å². The summed E-state index contributed by atoms with van der Waals surface area (Å²) in [5.41, 5.74) is 0.453. The summed E-state index contributed by atoms with van der Waals surface area (Å²) >= 11 is 5.82. The Morgan fingerprint density at radius 3 is 2.76 bits per heavy atom. The zero-order valence-electron chi connectivity index (χ0n) is 11.1. The molecule has 0 aliphatic carbocycles. The molecule has 1 amide bonds. The van der Waals surface area contributed by atoms with Gasteiger partial charge >= 0.3 is 6.61 Å². The summed E-state index contributed by atoms with van der Waals surface area (Å²) in [6.45, 7) is -2.11. The van der Waals surface area contributed by atoms with Gasteiger partial charge in [0.25, 0.3) is 0 Å². The van der Waals surface area contributed by atoms with Crippen LogP contribution in [0.15, 0.2) is 18.2 Å². The third-order valence-electron chi connectivity index (χ3n) is 3.04. The minimum Gasteiger partial charge on any atom is -0.433 e. The number of anilines is 1.